The summed E-state index contributed by atoms with van der Waals surface area (Å²) < 4.78 is 0. The Hall–Kier alpha value is -0.340. The lowest BCUT2D eigenvalue weighted by Gasteiger charge is -2.31. The van der Waals surface area contributed by atoms with Crippen molar-refractivity contribution in [1.29, 1.82) is 0 Å². The van der Waals surface area contributed by atoms with Crippen LogP contribution in [0.15, 0.2) is 12.1 Å². The maximum absolute atomic E-state index is 6.04. The predicted octanol–water partition coefficient (Wildman–Crippen LogP) is 3.29. The molecule has 0 spiro atoms. The average molecular weight is 209 g/mol. The molecule has 1 aliphatic rings. The fourth-order valence-electron chi connectivity index (χ4n) is 2.40. The molecule has 1 aromatic rings. The molecule has 0 bridgehead atoms. The highest BCUT2D eigenvalue weighted by Gasteiger charge is 2.27. The van der Waals surface area contributed by atoms with Crippen molar-refractivity contribution >= 4 is 11.3 Å². The van der Waals surface area contributed by atoms with Crippen LogP contribution in [0.2, 0.25) is 0 Å². The van der Waals surface area contributed by atoms with Crippen molar-refractivity contribution in [3.63, 3.8) is 0 Å². The van der Waals surface area contributed by atoms with Gasteiger partial charge in [0.05, 0.1) is 0 Å². The van der Waals surface area contributed by atoms with Gasteiger partial charge >= 0.3 is 0 Å². The molecule has 2 N–H and O–H groups in total. The van der Waals surface area contributed by atoms with Crippen molar-refractivity contribution in [3.8, 4) is 0 Å². The third-order valence-electron chi connectivity index (χ3n) is 3.36. The highest BCUT2D eigenvalue weighted by atomic mass is 32.1. The molecule has 2 heteroatoms. The third-order valence-corrected chi connectivity index (χ3v) is 4.50. The Morgan fingerprint density at radius 1 is 1.36 bits per heavy atom. The number of rotatable bonds is 1. The van der Waals surface area contributed by atoms with E-state index in [0.29, 0.717) is 6.04 Å². The summed E-state index contributed by atoms with van der Waals surface area (Å²) in [4.78, 5) is 2.97. The molecule has 0 saturated heterocycles. The molecule has 14 heavy (non-hydrogen) atoms. The third kappa shape index (κ3) is 2.01. The van der Waals surface area contributed by atoms with E-state index in [-0.39, 0.29) is 0 Å². The molecule has 0 amide bonds. The maximum atomic E-state index is 6.04. The van der Waals surface area contributed by atoms with Gasteiger partial charge in [-0.2, -0.15) is 0 Å². The first-order valence-corrected chi connectivity index (χ1v) is 6.30. The van der Waals surface area contributed by atoms with Gasteiger partial charge in [0.2, 0.25) is 0 Å². The van der Waals surface area contributed by atoms with Crippen LogP contribution in [0.25, 0.3) is 0 Å². The molecular weight excluding hydrogens is 190 g/mol. The van der Waals surface area contributed by atoms with E-state index in [1.165, 1.54) is 24.1 Å². The number of nitrogens with two attached hydrogens (primary N) is 1. The standard InChI is InChI=1S/C12H19NS/c1-8-3-5-10(13)7-11(8)12-6-4-9(2)14-12/h4,6,8,10-11H,3,5,7,13H2,1-2H3. The van der Waals surface area contributed by atoms with Gasteiger partial charge in [-0.1, -0.05) is 6.92 Å². The second kappa shape index (κ2) is 4.03. The summed E-state index contributed by atoms with van der Waals surface area (Å²) in [7, 11) is 0. The number of thiophene rings is 1. The van der Waals surface area contributed by atoms with Crippen LogP contribution in [0.5, 0.6) is 0 Å². The highest BCUT2D eigenvalue weighted by Crippen LogP contribution is 2.39. The van der Waals surface area contributed by atoms with Gasteiger partial charge in [0.15, 0.2) is 0 Å². The summed E-state index contributed by atoms with van der Waals surface area (Å²) in [5.74, 6) is 1.53. The summed E-state index contributed by atoms with van der Waals surface area (Å²) in [5.41, 5.74) is 6.04. The van der Waals surface area contributed by atoms with Crippen LogP contribution in [-0.4, -0.2) is 6.04 Å². The van der Waals surface area contributed by atoms with E-state index in [9.17, 15) is 0 Å². The first-order valence-electron chi connectivity index (χ1n) is 5.48. The maximum Gasteiger partial charge on any atom is 0.00822 e. The molecule has 0 aliphatic heterocycles. The zero-order valence-corrected chi connectivity index (χ0v) is 9.81. The topological polar surface area (TPSA) is 26.0 Å². The van der Waals surface area contributed by atoms with Crippen molar-refractivity contribution in [2.45, 2.75) is 45.1 Å². The van der Waals surface area contributed by atoms with Crippen LogP contribution in [-0.2, 0) is 0 Å². The second-order valence-electron chi connectivity index (χ2n) is 4.61. The van der Waals surface area contributed by atoms with E-state index in [2.05, 4.69) is 26.0 Å². The summed E-state index contributed by atoms with van der Waals surface area (Å²) >= 11 is 1.94. The minimum Gasteiger partial charge on any atom is -0.328 e. The molecule has 2 rings (SSSR count). The Bertz CT molecular complexity index is 305. The first kappa shape index (κ1) is 10.2. The van der Waals surface area contributed by atoms with Gasteiger partial charge in [0.25, 0.3) is 0 Å². The van der Waals surface area contributed by atoms with Gasteiger partial charge < -0.3 is 5.73 Å². The van der Waals surface area contributed by atoms with Crippen molar-refractivity contribution < 1.29 is 0 Å². The van der Waals surface area contributed by atoms with Crippen molar-refractivity contribution in [2.75, 3.05) is 0 Å². The zero-order valence-electron chi connectivity index (χ0n) is 8.99. The summed E-state index contributed by atoms with van der Waals surface area (Å²) in [6.07, 6.45) is 3.69. The predicted molar refractivity (Wildman–Crippen MR) is 62.8 cm³/mol. The normalized spacial score (nSPS) is 33.2. The minimum atomic E-state index is 0.429. The van der Waals surface area contributed by atoms with E-state index in [0.717, 1.165) is 11.8 Å². The largest absolute Gasteiger partial charge is 0.328 e. The van der Waals surface area contributed by atoms with Gasteiger partial charge in [0, 0.05) is 15.8 Å². The molecule has 3 atom stereocenters. The molecule has 0 aromatic carbocycles. The van der Waals surface area contributed by atoms with Crippen LogP contribution in [0.3, 0.4) is 0 Å². The molecule has 78 valence electrons. The average Bonchev–Trinajstić information content (AvgIpc) is 2.56. The molecule has 0 radical (unpaired) electrons. The minimum absolute atomic E-state index is 0.429. The lowest BCUT2D eigenvalue weighted by atomic mass is 9.77. The zero-order chi connectivity index (χ0) is 10.1. The fourth-order valence-corrected chi connectivity index (χ4v) is 3.53. The van der Waals surface area contributed by atoms with Crippen molar-refractivity contribution in [3.05, 3.63) is 21.9 Å². The Kier molecular flexibility index (Phi) is 2.93. The Labute approximate surface area is 90.3 Å². The molecular formula is C12H19NS. The van der Waals surface area contributed by atoms with Gasteiger partial charge in [-0.15, -0.1) is 11.3 Å². The number of hydrogen-bond donors (Lipinski definition) is 1. The summed E-state index contributed by atoms with van der Waals surface area (Å²) in [6.45, 7) is 4.55. The van der Waals surface area contributed by atoms with Gasteiger partial charge in [0.1, 0.15) is 0 Å². The number of hydrogen-bond acceptors (Lipinski definition) is 2. The quantitative estimate of drug-likeness (QED) is 0.754. The van der Waals surface area contributed by atoms with E-state index in [1.54, 1.807) is 4.88 Å². The molecule has 1 fully saturated rings. The van der Waals surface area contributed by atoms with Gasteiger partial charge in [-0.05, 0) is 50.2 Å². The van der Waals surface area contributed by atoms with Crippen molar-refractivity contribution in [1.82, 2.24) is 0 Å². The van der Waals surface area contributed by atoms with E-state index < -0.39 is 0 Å². The molecule has 1 heterocycles. The SMILES string of the molecule is Cc1ccc(C2CC(N)CCC2C)s1. The summed E-state index contributed by atoms with van der Waals surface area (Å²) in [6, 6.07) is 4.95. The molecule has 1 aliphatic carbocycles. The van der Waals surface area contributed by atoms with E-state index >= 15 is 0 Å². The molecule has 3 unspecified atom stereocenters. The van der Waals surface area contributed by atoms with Crippen LogP contribution < -0.4 is 5.73 Å². The van der Waals surface area contributed by atoms with Crippen LogP contribution in [0, 0.1) is 12.8 Å². The lowest BCUT2D eigenvalue weighted by molar-refractivity contribution is 0.303. The van der Waals surface area contributed by atoms with Crippen LogP contribution in [0.1, 0.15) is 41.9 Å². The second-order valence-corrected chi connectivity index (χ2v) is 5.92. The smallest absolute Gasteiger partial charge is 0.00822 e. The monoisotopic (exact) mass is 209 g/mol. The Balaban J connectivity index is 2.15. The highest BCUT2D eigenvalue weighted by molar-refractivity contribution is 7.12. The summed E-state index contributed by atoms with van der Waals surface area (Å²) in [5, 5.41) is 0. The molecule has 1 aromatic heterocycles. The fraction of sp³-hybridized carbons (Fsp3) is 0.667. The molecule has 1 saturated carbocycles. The lowest BCUT2D eigenvalue weighted by Crippen LogP contribution is -2.30. The van der Waals surface area contributed by atoms with E-state index in [1.807, 2.05) is 11.3 Å². The van der Waals surface area contributed by atoms with Gasteiger partial charge in [-0.25, -0.2) is 0 Å². The van der Waals surface area contributed by atoms with E-state index in [4.69, 9.17) is 5.73 Å². The Morgan fingerprint density at radius 3 is 2.79 bits per heavy atom. The number of aryl methyl sites for hydroxylation is 1. The van der Waals surface area contributed by atoms with Gasteiger partial charge in [-0.3, -0.25) is 0 Å². The van der Waals surface area contributed by atoms with Crippen LogP contribution >= 0.6 is 11.3 Å². The first-order chi connectivity index (χ1) is 6.66. The van der Waals surface area contributed by atoms with Crippen molar-refractivity contribution in [2.24, 2.45) is 11.7 Å². The molecule has 1 nitrogen and oxygen atoms in total. The van der Waals surface area contributed by atoms with Crippen LogP contribution in [0.4, 0.5) is 0 Å². The Morgan fingerprint density at radius 2 is 2.14 bits per heavy atom.